The monoisotopic (exact) mass is 287 g/mol. The maximum Gasteiger partial charge on any atom is 0.224 e. The molecule has 2 aromatic rings. The van der Waals surface area contributed by atoms with Gasteiger partial charge in [-0.2, -0.15) is 10.2 Å². The average molecular weight is 288 g/mol. The maximum absolute atomic E-state index is 9.22. The number of nitriles is 1. The summed E-state index contributed by atoms with van der Waals surface area (Å²) in [6, 6.07) is 7.75. The summed E-state index contributed by atoms with van der Waals surface area (Å²) in [6.45, 7) is 4.56. The summed E-state index contributed by atoms with van der Waals surface area (Å²) in [5, 5.41) is 15.7. The molecule has 2 rings (SSSR count). The fourth-order valence-corrected chi connectivity index (χ4v) is 1.88. The van der Waals surface area contributed by atoms with E-state index in [-0.39, 0.29) is 0 Å². The first kappa shape index (κ1) is 14.1. The fourth-order valence-electron chi connectivity index (χ4n) is 1.75. The van der Waals surface area contributed by atoms with Gasteiger partial charge in [-0.1, -0.05) is 23.7 Å². The molecule has 0 bridgehead atoms. The zero-order valence-corrected chi connectivity index (χ0v) is 12.0. The molecule has 1 aromatic carbocycles. The Morgan fingerprint density at radius 2 is 2.20 bits per heavy atom. The minimum Gasteiger partial charge on any atom is -0.354 e. The highest BCUT2D eigenvalue weighted by Crippen LogP contribution is 2.26. The molecule has 0 saturated carbocycles. The topological polar surface area (TPSA) is 73.6 Å². The van der Waals surface area contributed by atoms with Gasteiger partial charge < -0.3 is 10.6 Å². The van der Waals surface area contributed by atoms with Crippen LogP contribution in [0.3, 0.4) is 0 Å². The number of aromatic nitrogens is 2. The predicted octanol–water partition coefficient (Wildman–Crippen LogP) is 3.49. The molecule has 0 aliphatic rings. The van der Waals surface area contributed by atoms with Crippen molar-refractivity contribution in [2.75, 3.05) is 17.2 Å². The van der Waals surface area contributed by atoms with Crippen molar-refractivity contribution in [1.82, 2.24) is 9.97 Å². The Labute approximate surface area is 122 Å². The number of aryl methyl sites for hydroxylation is 1. The molecular formula is C14H14ClN5. The lowest BCUT2D eigenvalue weighted by Gasteiger charge is -2.11. The highest BCUT2D eigenvalue weighted by atomic mass is 35.5. The average Bonchev–Trinajstić information content (AvgIpc) is 2.43. The van der Waals surface area contributed by atoms with E-state index < -0.39 is 0 Å². The normalized spacial score (nSPS) is 9.90. The molecule has 0 radical (unpaired) electrons. The van der Waals surface area contributed by atoms with Crippen LogP contribution in [0.5, 0.6) is 0 Å². The van der Waals surface area contributed by atoms with Gasteiger partial charge in [-0.25, -0.2) is 4.98 Å². The molecule has 0 saturated heterocycles. The van der Waals surface area contributed by atoms with Gasteiger partial charge in [0, 0.05) is 6.54 Å². The van der Waals surface area contributed by atoms with Crippen LogP contribution in [-0.4, -0.2) is 16.5 Å². The van der Waals surface area contributed by atoms with Crippen molar-refractivity contribution in [3.63, 3.8) is 0 Å². The summed E-state index contributed by atoms with van der Waals surface area (Å²) in [5.74, 6) is 0.963. The summed E-state index contributed by atoms with van der Waals surface area (Å²) in [7, 11) is 0. The van der Waals surface area contributed by atoms with Gasteiger partial charge in [0.1, 0.15) is 11.1 Å². The molecule has 0 unspecified atom stereocenters. The summed E-state index contributed by atoms with van der Waals surface area (Å²) >= 11 is 6.08. The van der Waals surface area contributed by atoms with Gasteiger partial charge in [-0.3, -0.25) is 0 Å². The summed E-state index contributed by atoms with van der Waals surface area (Å²) < 4.78 is 0. The number of hydrogen-bond donors (Lipinski definition) is 2. The molecular weight excluding hydrogens is 274 g/mol. The number of anilines is 3. The molecule has 0 amide bonds. The molecule has 0 atom stereocenters. The molecule has 0 fully saturated rings. The van der Waals surface area contributed by atoms with Crippen LogP contribution in [-0.2, 0) is 0 Å². The first-order chi connectivity index (χ1) is 9.65. The van der Waals surface area contributed by atoms with Crippen LogP contribution in [0.1, 0.15) is 18.1 Å². The third-order valence-electron chi connectivity index (χ3n) is 2.72. The van der Waals surface area contributed by atoms with Crippen molar-refractivity contribution in [3.05, 3.63) is 40.5 Å². The number of rotatable bonds is 4. The largest absolute Gasteiger partial charge is 0.354 e. The van der Waals surface area contributed by atoms with Gasteiger partial charge >= 0.3 is 0 Å². The molecule has 0 spiro atoms. The lowest BCUT2D eigenvalue weighted by molar-refractivity contribution is 1.09. The van der Waals surface area contributed by atoms with Crippen LogP contribution in [0, 0.1) is 18.3 Å². The van der Waals surface area contributed by atoms with E-state index in [9.17, 15) is 5.26 Å². The van der Waals surface area contributed by atoms with Crippen molar-refractivity contribution in [2.45, 2.75) is 13.8 Å². The minimum atomic E-state index is 0.400. The van der Waals surface area contributed by atoms with Crippen LogP contribution >= 0.6 is 11.6 Å². The molecule has 20 heavy (non-hydrogen) atoms. The number of hydrogen-bond acceptors (Lipinski definition) is 5. The molecule has 0 aliphatic heterocycles. The van der Waals surface area contributed by atoms with E-state index in [2.05, 4.69) is 26.7 Å². The second-order valence-electron chi connectivity index (χ2n) is 4.15. The Balaban J connectivity index is 2.37. The Morgan fingerprint density at radius 3 is 2.90 bits per heavy atom. The summed E-state index contributed by atoms with van der Waals surface area (Å²) in [6.07, 6.45) is 1.52. The Morgan fingerprint density at radius 1 is 1.40 bits per heavy atom. The van der Waals surface area contributed by atoms with E-state index in [1.165, 1.54) is 6.20 Å². The van der Waals surface area contributed by atoms with E-state index in [1.807, 2.05) is 32.0 Å². The summed E-state index contributed by atoms with van der Waals surface area (Å²) in [4.78, 5) is 8.36. The van der Waals surface area contributed by atoms with Crippen molar-refractivity contribution >= 4 is 29.1 Å². The number of nitrogens with zero attached hydrogens (tertiary/aromatic N) is 3. The molecule has 102 valence electrons. The van der Waals surface area contributed by atoms with E-state index >= 15 is 0 Å². The van der Waals surface area contributed by atoms with E-state index in [1.54, 1.807) is 0 Å². The highest BCUT2D eigenvalue weighted by molar-refractivity contribution is 6.32. The number of halogens is 1. The maximum atomic E-state index is 9.22. The van der Waals surface area contributed by atoms with E-state index in [0.717, 1.165) is 12.1 Å². The standard InChI is InChI=1S/C14H14ClN5/c1-3-17-14-18-8-11(15)13(20-14)19-12-6-4-5-9(2)10(12)7-16/h4-6,8H,3H2,1-2H3,(H2,17,18,19,20). The quantitative estimate of drug-likeness (QED) is 0.900. The van der Waals surface area contributed by atoms with Crippen molar-refractivity contribution < 1.29 is 0 Å². The van der Waals surface area contributed by atoms with Crippen LogP contribution in [0.25, 0.3) is 0 Å². The van der Waals surface area contributed by atoms with E-state index in [4.69, 9.17) is 11.6 Å². The Hall–Kier alpha value is -2.32. The molecule has 5 nitrogen and oxygen atoms in total. The Kier molecular flexibility index (Phi) is 4.38. The first-order valence-corrected chi connectivity index (χ1v) is 6.56. The Bertz CT molecular complexity index is 663. The van der Waals surface area contributed by atoms with Crippen molar-refractivity contribution in [3.8, 4) is 6.07 Å². The third kappa shape index (κ3) is 2.98. The van der Waals surface area contributed by atoms with Crippen LogP contribution in [0.2, 0.25) is 5.02 Å². The number of benzene rings is 1. The SMILES string of the molecule is CCNc1ncc(Cl)c(Nc2cccc(C)c2C#N)n1. The van der Waals surface area contributed by atoms with Gasteiger partial charge in [0.05, 0.1) is 17.4 Å². The van der Waals surface area contributed by atoms with E-state index in [0.29, 0.717) is 28.0 Å². The molecule has 2 N–H and O–H groups in total. The van der Waals surface area contributed by atoms with Crippen molar-refractivity contribution in [1.29, 1.82) is 5.26 Å². The molecule has 6 heteroatoms. The molecule has 0 aliphatic carbocycles. The second-order valence-corrected chi connectivity index (χ2v) is 4.56. The lowest BCUT2D eigenvalue weighted by Crippen LogP contribution is -2.05. The zero-order valence-electron chi connectivity index (χ0n) is 11.2. The minimum absolute atomic E-state index is 0.400. The first-order valence-electron chi connectivity index (χ1n) is 6.18. The smallest absolute Gasteiger partial charge is 0.224 e. The van der Waals surface area contributed by atoms with Gasteiger partial charge in [0.2, 0.25) is 5.95 Å². The van der Waals surface area contributed by atoms with Gasteiger partial charge in [-0.05, 0) is 25.5 Å². The van der Waals surface area contributed by atoms with Crippen molar-refractivity contribution in [2.24, 2.45) is 0 Å². The molecule has 1 aromatic heterocycles. The van der Waals surface area contributed by atoms with Gasteiger partial charge in [-0.15, -0.1) is 0 Å². The van der Waals surface area contributed by atoms with Crippen LogP contribution in [0.4, 0.5) is 17.5 Å². The second kappa shape index (κ2) is 6.22. The molecule has 1 heterocycles. The van der Waals surface area contributed by atoms with Crippen LogP contribution < -0.4 is 10.6 Å². The lowest BCUT2D eigenvalue weighted by atomic mass is 10.1. The predicted molar refractivity (Wildman–Crippen MR) is 80.4 cm³/mol. The highest BCUT2D eigenvalue weighted by Gasteiger charge is 2.09. The third-order valence-corrected chi connectivity index (χ3v) is 2.99. The van der Waals surface area contributed by atoms with Crippen LogP contribution in [0.15, 0.2) is 24.4 Å². The zero-order chi connectivity index (χ0) is 14.5. The summed E-state index contributed by atoms with van der Waals surface area (Å²) in [5.41, 5.74) is 2.15. The van der Waals surface area contributed by atoms with Gasteiger partial charge in [0.15, 0.2) is 5.82 Å². The van der Waals surface area contributed by atoms with Gasteiger partial charge in [0.25, 0.3) is 0 Å². The number of nitrogens with one attached hydrogen (secondary N) is 2. The fraction of sp³-hybridized carbons (Fsp3) is 0.214.